The normalized spacial score (nSPS) is 16.8. The van der Waals surface area contributed by atoms with Crippen LogP contribution in [-0.2, 0) is 4.74 Å². The van der Waals surface area contributed by atoms with Gasteiger partial charge in [-0.2, -0.15) is 0 Å². The summed E-state index contributed by atoms with van der Waals surface area (Å²) in [5.41, 5.74) is 5.82. The second kappa shape index (κ2) is 6.63. The first-order valence-corrected chi connectivity index (χ1v) is 9.48. The molecule has 0 aliphatic carbocycles. The minimum atomic E-state index is -0.946. The first-order valence-electron chi connectivity index (χ1n) is 5.77. The molecule has 4 heteroatoms. The lowest BCUT2D eigenvalue weighted by atomic mass is 10.2. The van der Waals surface area contributed by atoms with E-state index >= 15 is 0 Å². The largest absolute Gasteiger partial charge is 0.366 e. The van der Waals surface area contributed by atoms with E-state index < -0.39 is 8.07 Å². The number of rotatable bonds is 7. The number of ether oxygens (including phenoxy) is 1. The van der Waals surface area contributed by atoms with Gasteiger partial charge in [-0.1, -0.05) is 19.6 Å². The Bertz CT molecular complexity index is 168. The summed E-state index contributed by atoms with van der Waals surface area (Å²) in [7, 11) is 1.11. The quantitative estimate of drug-likeness (QED) is 0.414. The Hall–Kier alpha value is 0.0969. The van der Waals surface area contributed by atoms with E-state index in [-0.39, 0.29) is 6.04 Å². The lowest BCUT2D eigenvalue weighted by molar-refractivity contribution is 0.0263. The van der Waals surface area contributed by atoms with Crippen LogP contribution in [0.25, 0.3) is 0 Å². The van der Waals surface area contributed by atoms with Crippen LogP contribution in [0.3, 0.4) is 0 Å². The first-order chi connectivity index (χ1) is 6.74. The summed E-state index contributed by atoms with van der Waals surface area (Å²) in [6.07, 6.45) is 0. The zero-order valence-corrected chi connectivity index (χ0v) is 12.2. The van der Waals surface area contributed by atoms with Gasteiger partial charge in [-0.25, -0.2) is 0 Å². The monoisotopic (exact) mass is 232 g/mol. The highest BCUT2D eigenvalue weighted by Gasteiger charge is 2.15. The smallest absolute Gasteiger partial charge is 0.0990 e. The highest BCUT2D eigenvalue weighted by molar-refractivity contribution is 6.76. The van der Waals surface area contributed by atoms with E-state index in [4.69, 9.17) is 10.5 Å². The zero-order valence-electron chi connectivity index (χ0n) is 11.2. The van der Waals surface area contributed by atoms with Crippen molar-refractivity contribution in [1.29, 1.82) is 0 Å². The second-order valence-corrected chi connectivity index (χ2v) is 11.3. The van der Waals surface area contributed by atoms with E-state index in [9.17, 15) is 0 Å². The van der Waals surface area contributed by atoms with Crippen molar-refractivity contribution in [3.05, 3.63) is 0 Å². The molecule has 2 atom stereocenters. The number of hydrogen-bond acceptors (Lipinski definition) is 3. The molecule has 0 aromatic heterocycles. The number of nitrogens with zero attached hydrogens (tertiary/aromatic N) is 1. The Kier molecular flexibility index (Phi) is 6.67. The first kappa shape index (κ1) is 15.1. The van der Waals surface area contributed by atoms with Crippen molar-refractivity contribution in [2.45, 2.75) is 51.6 Å². The molecule has 3 nitrogen and oxygen atoms in total. The van der Waals surface area contributed by atoms with Crippen LogP contribution < -0.4 is 5.73 Å². The van der Waals surface area contributed by atoms with Crippen LogP contribution in [0.1, 0.15) is 13.8 Å². The molecule has 2 N–H and O–H groups in total. The lowest BCUT2D eigenvalue weighted by Gasteiger charge is -2.27. The minimum Gasteiger partial charge on any atom is -0.366 e. The van der Waals surface area contributed by atoms with Crippen LogP contribution in [0.2, 0.25) is 25.7 Å². The number of hydrogen-bond donors (Lipinski definition) is 1. The summed E-state index contributed by atoms with van der Waals surface area (Å²) in [6.45, 7) is 12.8. The average Bonchev–Trinajstić information content (AvgIpc) is 2.09. The van der Waals surface area contributed by atoms with Crippen LogP contribution >= 0.6 is 0 Å². The molecule has 0 aliphatic rings. The molecule has 0 spiro atoms. The Balaban J connectivity index is 3.60. The van der Waals surface area contributed by atoms with Gasteiger partial charge < -0.3 is 10.5 Å². The van der Waals surface area contributed by atoms with Crippen molar-refractivity contribution >= 4 is 8.07 Å². The van der Waals surface area contributed by atoms with Crippen LogP contribution in [0, 0.1) is 0 Å². The summed E-state index contributed by atoms with van der Waals surface area (Å²) in [4.78, 5) is 2.16. The molecule has 0 aromatic rings. The van der Waals surface area contributed by atoms with Crippen molar-refractivity contribution in [2.75, 3.05) is 20.4 Å². The average molecular weight is 232 g/mol. The number of nitrogens with two attached hydrogens (primary N) is 1. The van der Waals surface area contributed by atoms with Gasteiger partial charge in [-0.3, -0.25) is 4.90 Å². The van der Waals surface area contributed by atoms with Gasteiger partial charge in [0.1, 0.15) is 0 Å². The van der Waals surface area contributed by atoms with Gasteiger partial charge in [-0.15, -0.1) is 0 Å². The fourth-order valence-electron chi connectivity index (χ4n) is 1.11. The molecule has 0 radical (unpaired) electrons. The molecule has 0 saturated carbocycles. The van der Waals surface area contributed by atoms with Crippen molar-refractivity contribution < 1.29 is 4.74 Å². The fraction of sp³-hybridized carbons (Fsp3) is 1.00. The lowest BCUT2D eigenvalue weighted by Crippen LogP contribution is -2.43. The van der Waals surface area contributed by atoms with E-state index in [1.807, 2.05) is 6.92 Å². The summed E-state index contributed by atoms with van der Waals surface area (Å²) in [6, 6.07) is 1.79. The van der Waals surface area contributed by atoms with E-state index in [2.05, 4.69) is 38.5 Å². The van der Waals surface area contributed by atoms with Gasteiger partial charge in [0, 0.05) is 26.8 Å². The molecule has 15 heavy (non-hydrogen) atoms. The van der Waals surface area contributed by atoms with Gasteiger partial charge in [0.25, 0.3) is 0 Å². The van der Waals surface area contributed by atoms with Crippen molar-refractivity contribution in [3.63, 3.8) is 0 Å². The molecule has 0 rings (SSSR count). The Morgan fingerprint density at radius 1 is 1.27 bits per heavy atom. The van der Waals surface area contributed by atoms with E-state index in [0.29, 0.717) is 12.8 Å². The van der Waals surface area contributed by atoms with Crippen molar-refractivity contribution in [3.8, 4) is 0 Å². The van der Waals surface area contributed by atoms with Gasteiger partial charge >= 0.3 is 0 Å². The molecule has 0 aliphatic heterocycles. The van der Waals surface area contributed by atoms with Crippen LogP contribution in [-0.4, -0.2) is 45.4 Å². The molecular weight excluding hydrogens is 204 g/mol. The highest BCUT2D eigenvalue weighted by atomic mass is 28.3. The van der Waals surface area contributed by atoms with Crippen molar-refractivity contribution in [2.24, 2.45) is 5.73 Å². The fourth-order valence-corrected chi connectivity index (χ4v) is 1.86. The summed E-state index contributed by atoms with van der Waals surface area (Å²) < 4.78 is 5.65. The molecule has 0 saturated heterocycles. The van der Waals surface area contributed by atoms with E-state index in [0.717, 1.165) is 6.61 Å². The second-order valence-electron chi connectivity index (χ2n) is 5.70. The standard InChI is InChI=1S/C11H28N2OSi/c1-10(12)11(2)13(3)9-14-7-8-15(4,5)6/h10-11H,7-9,12H2,1-6H3. The maximum absolute atomic E-state index is 5.82. The van der Waals surface area contributed by atoms with Gasteiger partial charge in [0.05, 0.1) is 6.73 Å². The van der Waals surface area contributed by atoms with Gasteiger partial charge in [0.2, 0.25) is 0 Å². The van der Waals surface area contributed by atoms with Crippen LogP contribution in [0.4, 0.5) is 0 Å². The van der Waals surface area contributed by atoms with Crippen LogP contribution in [0.15, 0.2) is 0 Å². The summed E-state index contributed by atoms with van der Waals surface area (Å²) >= 11 is 0. The van der Waals surface area contributed by atoms with Gasteiger partial charge in [-0.05, 0) is 26.9 Å². The third-order valence-electron chi connectivity index (χ3n) is 2.75. The van der Waals surface area contributed by atoms with Crippen molar-refractivity contribution in [1.82, 2.24) is 4.90 Å². The van der Waals surface area contributed by atoms with E-state index in [1.165, 1.54) is 6.04 Å². The Morgan fingerprint density at radius 3 is 2.20 bits per heavy atom. The maximum atomic E-state index is 5.82. The summed E-state index contributed by atoms with van der Waals surface area (Å²) in [5, 5.41) is 0. The predicted molar refractivity (Wildman–Crippen MR) is 69.8 cm³/mol. The van der Waals surface area contributed by atoms with Crippen LogP contribution in [0.5, 0.6) is 0 Å². The molecule has 0 bridgehead atoms. The molecule has 2 unspecified atom stereocenters. The molecule has 92 valence electrons. The SMILES string of the molecule is CC(N)C(C)N(C)COCC[Si](C)(C)C. The topological polar surface area (TPSA) is 38.5 Å². The molecule has 0 amide bonds. The highest BCUT2D eigenvalue weighted by Crippen LogP contribution is 2.08. The van der Waals surface area contributed by atoms with Gasteiger partial charge in [0.15, 0.2) is 0 Å². The molecule has 0 aromatic carbocycles. The third-order valence-corrected chi connectivity index (χ3v) is 4.45. The summed E-state index contributed by atoms with van der Waals surface area (Å²) in [5.74, 6) is 0. The Morgan fingerprint density at radius 2 is 1.80 bits per heavy atom. The molecular formula is C11H28N2OSi. The molecule has 0 heterocycles. The minimum absolute atomic E-state index is 0.190. The number of likely N-dealkylation sites (N-methyl/N-ethyl adjacent to an activating group) is 1. The van der Waals surface area contributed by atoms with E-state index in [1.54, 1.807) is 0 Å². The maximum Gasteiger partial charge on any atom is 0.0990 e. The molecule has 0 fully saturated rings. The predicted octanol–water partition coefficient (Wildman–Crippen LogP) is 1.97. The Labute approximate surface area is 96.0 Å². The third kappa shape index (κ3) is 7.96. The zero-order chi connectivity index (χ0) is 12.1.